The molecule has 0 spiro atoms. The van der Waals surface area contributed by atoms with E-state index in [0.717, 1.165) is 28.1 Å². The van der Waals surface area contributed by atoms with E-state index in [2.05, 4.69) is 212 Å². The van der Waals surface area contributed by atoms with Gasteiger partial charge in [0.05, 0.1) is 16.8 Å². The molecule has 0 amide bonds. The van der Waals surface area contributed by atoms with Crippen molar-refractivity contribution >= 4 is 31.5 Å². The number of benzene rings is 8. The maximum atomic E-state index is 5.37. The number of rotatable bonds is 6. The Hall–Kier alpha value is -6.87. The van der Waals surface area contributed by atoms with Crippen molar-refractivity contribution in [2.24, 2.45) is 0 Å². The molecule has 1 nitrogen and oxygen atoms in total. The second-order valence-corrected chi connectivity index (χ2v) is 15.8. The van der Waals surface area contributed by atoms with Crippen LogP contribution in [0.25, 0.3) is 76.1 Å². The SMILES string of the molecule is c1ccc(-c2cc(-c3ccccc3)nc(-c3ccc4c(c3)C(c3ccccc3)(c3ccc5sc6ccc(-c7ccccc7)cc6c5c3)c3ccccc3-4)c2)cc1. The fourth-order valence-corrected chi connectivity index (χ4v) is 10.0. The van der Waals surface area contributed by atoms with Gasteiger partial charge >= 0.3 is 0 Å². The number of nitrogens with zero attached hydrogens (tertiary/aromatic N) is 1. The maximum absolute atomic E-state index is 5.37. The molecular weight excluding hydrogens is 695 g/mol. The topological polar surface area (TPSA) is 12.9 Å². The molecule has 0 fully saturated rings. The van der Waals surface area contributed by atoms with Crippen molar-refractivity contribution in [2.75, 3.05) is 0 Å². The third kappa shape index (κ3) is 5.18. The van der Waals surface area contributed by atoms with Gasteiger partial charge in [-0.15, -0.1) is 11.3 Å². The highest BCUT2D eigenvalue weighted by molar-refractivity contribution is 7.25. The van der Waals surface area contributed by atoms with E-state index < -0.39 is 5.41 Å². The number of pyridine rings is 1. The fraction of sp³-hybridized carbons (Fsp3) is 0.0185. The van der Waals surface area contributed by atoms with Gasteiger partial charge < -0.3 is 0 Å². The van der Waals surface area contributed by atoms with Gasteiger partial charge in [-0.2, -0.15) is 0 Å². The van der Waals surface area contributed by atoms with Crippen LogP contribution in [-0.4, -0.2) is 4.98 Å². The third-order valence-electron chi connectivity index (χ3n) is 11.6. The standard InChI is InChI=1S/C54H35NS/c1-5-15-36(16-6-1)39-26-29-52-46(31-39)47-35-43(27-30-53(47)56-52)54(42-21-11-4-12-22-42)48-24-14-13-23-44(48)45-28-25-40(32-49(45)54)51-34-41(37-17-7-2-8-18-37)33-50(55-51)38-19-9-3-10-20-38/h1-35H. The molecule has 1 aliphatic carbocycles. The molecule has 11 rings (SSSR count). The first kappa shape index (κ1) is 32.6. The fourth-order valence-electron chi connectivity index (χ4n) is 8.97. The molecule has 2 heteroatoms. The molecule has 0 saturated carbocycles. The minimum Gasteiger partial charge on any atom is -0.248 e. The summed E-state index contributed by atoms with van der Waals surface area (Å²) in [6.07, 6.45) is 0. The summed E-state index contributed by atoms with van der Waals surface area (Å²) in [6, 6.07) is 77.6. The molecule has 1 aliphatic rings. The summed E-state index contributed by atoms with van der Waals surface area (Å²) in [6.45, 7) is 0. The van der Waals surface area contributed by atoms with Gasteiger partial charge in [0.15, 0.2) is 0 Å². The monoisotopic (exact) mass is 729 g/mol. The lowest BCUT2D eigenvalue weighted by Crippen LogP contribution is -2.28. The van der Waals surface area contributed by atoms with Crippen molar-refractivity contribution in [3.8, 4) is 55.9 Å². The summed E-state index contributed by atoms with van der Waals surface area (Å²) in [5.74, 6) is 0. The zero-order chi connectivity index (χ0) is 37.1. The second kappa shape index (κ2) is 13.2. The van der Waals surface area contributed by atoms with Gasteiger partial charge in [0.1, 0.15) is 0 Å². The van der Waals surface area contributed by atoms with Crippen molar-refractivity contribution in [3.63, 3.8) is 0 Å². The number of hydrogen-bond donors (Lipinski definition) is 0. The van der Waals surface area contributed by atoms with E-state index in [-0.39, 0.29) is 0 Å². The molecule has 0 bridgehead atoms. The van der Waals surface area contributed by atoms with Gasteiger partial charge in [-0.3, -0.25) is 0 Å². The first-order chi connectivity index (χ1) is 27.7. The smallest absolute Gasteiger partial charge is 0.0715 e. The molecule has 1 atom stereocenters. The van der Waals surface area contributed by atoms with Crippen LogP contribution >= 0.6 is 11.3 Å². The Labute approximate surface area is 330 Å². The Balaban J connectivity index is 1.17. The van der Waals surface area contributed by atoms with E-state index in [4.69, 9.17) is 4.98 Å². The van der Waals surface area contributed by atoms with Crippen LogP contribution < -0.4 is 0 Å². The molecule has 8 aromatic carbocycles. The van der Waals surface area contributed by atoms with E-state index in [1.165, 1.54) is 70.2 Å². The van der Waals surface area contributed by atoms with Crippen molar-refractivity contribution in [1.82, 2.24) is 4.98 Å². The highest BCUT2D eigenvalue weighted by Crippen LogP contribution is 2.57. The predicted molar refractivity (Wildman–Crippen MR) is 236 cm³/mol. The van der Waals surface area contributed by atoms with Gasteiger partial charge in [0.2, 0.25) is 0 Å². The predicted octanol–water partition coefficient (Wildman–Crippen LogP) is 14.5. The summed E-state index contributed by atoms with van der Waals surface area (Å²) >= 11 is 1.87. The van der Waals surface area contributed by atoms with Crippen LogP contribution in [0.2, 0.25) is 0 Å². The molecule has 56 heavy (non-hydrogen) atoms. The number of aromatic nitrogens is 1. The summed E-state index contributed by atoms with van der Waals surface area (Å²) in [5, 5.41) is 2.59. The van der Waals surface area contributed by atoms with E-state index in [1.807, 2.05) is 11.3 Å². The van der Waals surface area contributed by atoms with Gasteiger partial charge in [0, 0.05) is 31.3 Å². The molecular formula is C54H35NS. The normalized spacial score (nSPS) is 14.5. The third-order valence-corrected chi connectivity index (χ3v) is 12.7. The molecule has 0 N–H and O–H groups in total. The molecule has 0 saturated heterocycles. The Morgan fingerprint density at radius 3 is 1.57 bits per heavy atom. The molecule has 262 valence electrons. The lowest BCUT2D eigenvalue weighted by Gasteiger charge is -2.34. The van der Waals surface area contributed by atoms with E-state index in [0.29, 0.717) is 0 Å². The van der Waals surface area contributed by atoms with Crippen molar-refractivity contribution in [1.29, 1.82) is 0 Å². The first-order valence-corrected chi connectivity index (χ1v) is 20.0. The highest BCUT2D eigenvalue weighted by atomic mass is 32.1. The number of thiophene rings is 1. The largest absolute Gasteiger partial charge is 0.248 e. The summed E-state index contributed by atoms with van der Waals surface area (Å²) in [4.78, 5) is 5.37. The molecule has 2 heterocycles. The molecule has 1 unspecified atom stereocenters. The van der Waals surface area contributed by atoms with Crippen molar-refractivity contribution in [2.45, 2.75) is 5.41 Å². The van der Waals surface area contributed by atoms with Gasteiger partial charge in [-0.1, -0.05) is 170 Å². The second-order valence-electron chi connectivity index (χ2n) is 14.7. The number of hydrogen-bond acceptors (Lipinski definition) is 2. The van der Waals surface area contributed by atoms with Crippen LogP contribution in [0.5, 0.6) is 0 Å². The summed E-state index contributed by atoms with van der Waals surface area (Å²) < 4.78 is 2.60. The minimum atomic E-state index is -0.554. The van der Waals surface area contributed by atoms with Gasteiger partial charge in [0.25, 0.3) is 0 Å². The molecule has 0 radical (unpaired) electrons. The van der Waals surface area contributed by atoms with E-state index in [9.17, 15) is 0 Å². The summed E-state index contributed by atoms with van der Waals surface area (Å²) in [5.41, 5.74) is 16.0. The van der Waals surface area contributed by atoms with Crippen LogP contribution in [0.3, 0.4) is 0 Å². The van der Waals surface area contributed by atoms with E-state index >= 15 is 0 Å². The molecule has 0 aliphatic heterocycles. The highest BCUT2D eigenvalue weighted by Gasteiger charge is 2.46. The van der Waals surface area contributed by atoms with E-state index in [1.54, 1.807) is 0 Å². The Morgan fingerprint density at radius 1 is 0.321 bits per heavy atom. The lowest BCUT2D eigenvalue weighted by atomic mass is 9.67. The van der Waals surface area contributed by atoms with Crippen LogP contribution in [0.1, 0.15) is 22.3 Å². The average Bonchev–Trinajstić information content (AvgIpc) is 3.80. The number of fused-ring (bicyclic) bond motifs is 6. The van der Waals surface area contributed by atoms with Crippen molar-refractivity contribution in [3.05, 3.63) is 235 Å². The minimum absolute atomic E-state index is 0.554. The van der Waals surface area contributed by atoms with Crippen LogP contribution in [0.4, 0.5) is 0 Å². The van der Waals surface area contributed by atoms with Crippen LogP contribution in [0.15, 0.2) is 212 Å². The van der Waals surface area contributed by atoms with Crippen molar-refractivity contribution < 1.29 is 0 Å². The van der Waals surface area contributed by atoms with Crippen LogP contribution in [0, 0.1) is 0 Å². The lowest BCUT2D eigenvalue weighted by molar-refractivity contribution is 0.770. The van der Waals surface area contributed by atoms with Crippen LogP contribution in [-0.2, 0) is 5.41 Å². The Morgan fingerprint density at radius 2 is 0.857 bits per heavy atom. The Kier molecular flexibility index (Phi) is 7.65. The quantitative estimate of drug-likeness (QED) is 0.166. The van der Waals surface area contributed by atoms with Gasteiger partial charge in [-0.05, 0) is 98.1 Å². The molecule has 10 aromatic rings. The first-order valence-electron chi connectivity index (χ1n) is 19.2. The average molecular weight is 730 g/mol. The molecule has 2 aromatic heterocycles. The Bertz CT molecular complexity index is 3000. The zero-order valence-corrected chi connectivity index (χ0v) is 31.4. The maximum Gasteiger partial charge on any atom is 0.0715 e. The zero-order valence-electron chi connectivity index (χ0n) is 30.6. The summed E-state index contributed by atoms with van der Waals surface area (Å²) in [7, 11) is 0. The van der Waals surface area contributed by atoms with Gasteiger partial charge in [-0.25, -0.2) is 4.98 Å².